The number of aromatic nitrogens is 3. The van der Waals surface area contributed by atoms with Crippen LogP contribution in [0.2, 0.25) is 5.02 Å². The molecule has 0 fully saturated rings. The highest BCUT2D eigenvalue weighted by Gasteiger charge is 2.08. The molecule has 0 saturated heterocycles. The van der Waals surface area contributed by atoms with Crippen molar-refractivity contribution < 1.29 is 0 Å². The predicted molar refractivity (Wildman–Crippen MR) is 103 cm³/mol. The fourth-order valence-electron chi connectivity index (χ4n) is 2.64. The Morgan fingerprint density at radius 3 is 2.64 bits per heavy atom. The molecular weight excluding hydrogens is 334 g/mol. The van der Waals surface area contributed by atoms with E-state index in [0.29, 0.717) is 23.3 Å². The van der Waals surface area contributed by atoms with E-state index in [1.807, 2.05) is 26.0 Å². The first kappa shape index (κ1) is 17.2. The Kier molecular flexibility index (Phi) is 5.14. The maximum absolute atomic E-state index is 6.33. The van der Waals surface area contributed by atoms with Crippen molar-refractivity contribution in [1.82, 2.24) is 15.2 Å². The summed E-state index contributed by atoms with van der Waals surface area (Å²) in [6, 6.07) is 12.3. The average Bonchev–Trinajstić information content (AvgIpc) is 2.57. The number of hydrogen-bond donors (Lipinski definition) is 2. The molecule has 1 aromatic heterocycles. The monoisotopic (exact) mass is 353 g/mol. The third-order valence-corrected chi connectivity index (χ3v) is 4.08. The zero-order valence-corrected chi connectivity index (χ0v) is 15.2. The molecule has 0 unspecified atom stereocenters. The van der Waals surface area contributed by atoms with Gasteiger partial charge in [-0.25, -0.2) is 0 Å². The minimum Gasteiger partial charge on any atom is -0.365 e. The van der Waals surface area contributed by atoms with E-state index in [1.54, 1.807) is 6.20 Å². The lowest BCUT2D eigenvalue weighted by molar-refractivity contribution is 0.965. The van der Waals surface area contributed by atoms with Gasteiger partial charge in [-0.1, -0.05) is 47.5 Å². The average molecular weight is 354 g/mol. The van der Waals surface area contributed by atoms with E-state index in [-0.39, 0.29) is 0 Å². The molecule has 0 amide bonds. The molecule has 0 aliphatic heterocycles. The molecule has 3 rings (SSSR count). The van der Waals surface area contributed by atoms with E-state index < -0.39 is 0 Å². The number of aryl methyl sites for hydroxylation is 3. The molecule has 0 aliphatic carbocycles. The second-order valence-electron chi connectivity index (χ2n) is 6.07. The van der Waals surface area contributed by atoms with Crippen LogP contribution in [0.4, 0.5) is 17.5 Å². The third-order valence-electron chi connectivity index (χ3n) is 3.78. The highest BCUT2D eigenvalue weighted by molar-refractivity contribution is 6.33. The molecule has 25 heavy (non-hydrogen) atoms. The molecule has 2 N–H and O–H groups in total. The van der Waals surface area contributed by atoms with Gasteiger partial charge in [-0.2, -0.15) is 10.1 Å². The van der Waals surface area contributed by atoms with Crippen molar-refractivity contribution in [2.45, 2.75) is 27.3 Å². The van der Waals surface area contributed by atoms with Crippen LogP contribution in [0.15, 0.2) is 42.6 Å². The van der Waals surface area contributed by atoms with Crippen LogP contribution < -0.4 is 10.6 Å². The van der Waals surface area contributed by atoms with Gasteiger partial charge < -0.3 is 10.6 Å². The highest BCUT2D eigenvalue weighted by Crippen LogP contribution is 2.29. The first-order valence-electron chi connectivity index (χ1n) is 8.04. The summed E-state index contributed by atoms with van der Waals surface area (Å²) in [5, 5.41) is 15.1. The van der Waals surface area contributed by atoms with Gasteiger partial charge in [-0.15, -0.1) is 5.10 Å². The summed E-state index contributed by atoms with van der Waals surface area (Å²) >= 11 is 6.33. The molecule has 2 aromatic carbocycles. The fourth-order valence-corrected chi connectivity index (χ4v) is 3.01. The quantitative estimate of drug-likeness (QED) is 0.689. The smallest absolute Gasteiger partial charge is 0.249 e. The molecular formula is C19H20ClN5. The Labute approximate surface area is 152 Å². The molecule has 0 aliphatic rings. The predicted octanol–water partition coefficient (Wildman–Crippen LogP) is 4.81. The molecule has 5 nitrogen and oxygen atoms in total. The minimum atomic E-state index is 0.406. The van der Waals surface area contributed by atoms with Gasteiger partial charge in [0.1, 0.15) is 0 Å². The second kappa shape index (κ2) is 7.49. The number of hydrogen-bond acceptors (Lipinski definition) is 5. The first-order valence-corrected chi connectivity index (χ1v) is 8.42. The molecule has 128 valence electrons. The van der Waals surface area contributed by atoms with Crippen molar-refractivity contribution in [3.63, 3.8) is 0 Å². The summed E-state index contributed by atoms with van der Waals surface area (Å²) in [6.45, 7) is 6.75. The van der Waals surface area contributed by atoms with Crippen molar-refractivity contribution in [3.05, 3.63) is 69.9 Å². The van der Waals surface area contributed by atoms with Crippen LogP contribution >= 0.6 is 11.6 Å². The standard InChI is InChI=1S/C19H20ClN5/c1-12-5-4-6-15(8-12)10-21-17-11-22-25-19(23-17)24-18-14(3)7-13(2)9-16(18)20/h4-9,11H,10H2,1-3H3,(H2,21,23,24,25). The molecule has 0 atom stereocenters. The van der Waals surface area contributed by atoms with E-state index >= 15 is 0 Å². The van der Waals surface area contributed by atoms with Crippen molar-refractivity contribution >= 4 is 29.1 Å². The Bertz CT molecular complexity index is 871. The summed E-state index contributed by atoms with van der Waals surface area (Å²) in [6.07, 6.45) is 1.60. The Morgan fingerprint density at radius 2 is 1.88 bits per heavy atom. The van der Waals surface area contributed by atoms with Gasteiger partial charge in [0.2, 0.25) is 5.95 Å². The van der Waals surface area contributed by atoms with Crippen LogP contribution in [-0.4, -0.2) is 15.2 Å². The summed E-state index contributed by atoms with van der Waals surface area (Å²) in [4.78, 5) is 4.46. The second-order valence-corrected chi connectivity index (χ2v) is 6.48. The minimum absolute atomic E-state index is 0.406. The fraction of sp³-hybridized carbons (Fsp3) is 0.211. The molecule has 1 heterocycles. The number of nitrogens with zero attached hydrogens (tertiary/aromatic N) is 3. The van der Waals surface area contributed by atoms with Gasteiger partial charge in [0.05, 0.1) is 16.9 Å². The summed E-state index contributed by atoms with van der Waals surface area (Å²) in [5.74, 6) is 1.06. The number of nitrogens with one attached hydrogen (secondary N) is 2. The zero-order chi connectivity index (χ0) is 17.8. The van der Waals surface area contributed by atoms with E-state index in [0.717, 1.165) is 16.8 Å². The van der Waals surface area contributed by atoms with Crippen molar-refractivity contribution in [1.29, 1.82) is 0 Å². The first-order chi connectivity index (χ1) is 12.0. The molecule has 0 spiro atoms. The van der Waals surface area contributed by atoms with Gasteiger partial charge in [-0.05, 0) is 43.5 Å². The molecule has 3 aromatic rings. The SMILES string of the molecule is Cc1cccc(CNc2cnnc(Nc3c(C)cc(C)cc3Cl)n2)c1. The summed E-state index contributed by atoms with van der Waals surface area (Å²) in [5.41, 5.74) is 5.36. The summed E-state index contributed by atoms with van der Waals surface area (Å²) in [7, 11) is 0. The lowest BCUT2D eigenvalue weighted by Crippen LogP contribution is -2.06. The van der Waals surface area contributed by atoms with E-state index in [1.165, 1.54) is 11.1 Å². The van der Waals surface area contributed by atoms with E-state index in [2.05, 4.69) is 57.0 Å². The lowest BCUT2D eigenvalue weighted by atomic mass is 10.1. The Morgan fingerprint density at radius 1 is 1.04 bits per heavy atom. The van der Waals surface area contributed by atoms with E-state index in [4.69, 9.17) is 11.6 Å². The molecule has 0 bridgehead atoms. The van der Waals surface area contributed by atoms with E-state index in [9.17, 15) is 0 Å². The number of anilines is 3. The van der Waals surface area contributed by atoms with Crippen LogP contribution in [-0.2, 0) is 6.54 Å². The molecule has 6 heteroatoms. The van der Waals surface area contributed by atoms with Crippen LogP contribution in [0.3, 0.4) is 0 Å². The number of benzene rings is 2. The van der Waals surface area contributed by atoms with Crippen molar-refractivity contribution in [2.75, 3.05) is 10.6 Å². The number of rotatable bonds is 5. The van der Waals surface area contributed by atoms with Crippen LogP contribution in [0.5, 0.6) is 0 Å². The van der Waals surface area contributed by atoms with Crippen LogP contribution in [0, 0.1) is 20.8 Å². The molecule has 0 saturated carbocycles. The van der Waals surface area contributed by atoms with Gasteiger partial charge in [0, 0.05) is 6.54 Å². The number of halogens is 1. The largest absolute Gasteiger partial charge is 0.365 e. The third kappa shape index (κ3) is 4.45. The Hall–Kier alpha value is -2.66. The maximum Gasteiger partial charge on any atom is 0.249 e. The van der Waals surface area contributed by atoms with Gasteiger partial charge >= 0.3 is 0 Å². The van der Waals surface area contributed by atoms with Gasteiger partial charge in [-0.3, -0.25) is 0 Å². The van der Waals surface area contributed by atoms with Gasteiger partial charge in [0.25, 0.3) is 0 Å². The van der Waals surface area contributed by atoms with Crippen LogP contribution in [0.25, 0.3) is 0 Å². The highest BCUT2D eigenvalue weighted by atomic mass is 35.5. The van der Waals surface area contributed by atoms with Gasteiger partial charge in [0.15, 0.2) is 5.82 Å². The Balaban J connectivity index is 1.74. The zero-order valence-electron chi connectivity index (χ0n) is 14.5. The van der Waals surface area contributed by atoms with Crippen molar-refractivity contribution in [3.8, 4) is 0 Å². The van der Waals surface area contributed by atoms with Crippen molar-refractivity contribution in [2.24, 2.45) is 0 Å². The van der Waals surface area contributed by atoms with Crippen LogP contribution in [0.1, 0.15) is 22.3 Å². The normalized spacial score (nSPS) is 10.6. The maximum atomic E-state index is 6.33. The lowest BCUT2D eigenvalue weighted by Gasteiger charge is -2.12. The topological polar surface area (TPSA) is 62.7 Å². The summed E-state index contributed by atoms with van der Waals surface area (Å²) < 4.78 is 0. The molecule has 0 radical (unpaired) electrons.